The van der Waals surface area contributed by atoms with Gasteiger partial charge in [-0.3, -0.25) is 24.2 Å². The number of ether oxygens (including phenoxy) is 1. The smallest absolute Gasteiger partial charge is 0.261 e. The number of fused-ring (bicyclic) bond motifs is 3. The van der Waals surface area contributed by atoms with Crippen molar-refractivity contribution in [1.29, 1.82) is 0 Å². The zero-order chi connectivity index (χ0) is 23.3. The van der Waals surface area contributed by atoms with Crippen LogP contribution in [-0.2, 0) is 6.42 Å². The van der Waals surface area contributed by atoms with Crippen molar-refractivity contribution in [1.82, 2.24) is 4.98 Å². The van der Waals surface area contributed by atoms with Gasteiger partial charge >= 0.3 is 0 Å². The van der Waals surface area contributed by atoms with E-state index >= 15 is 0 Å². The minimum Gasteiger partial charge on any atom is -0.496 e. The monoisotopic (exact) mass is 441 g/mol. The molecule has 4 N–H and O–H groups in total. The average molecular weight is 441 g/mol. The number of hydrogen-bond donors (Lipinski definition) is 3. The van der Waals surface area contributed by atoms with E-state index in [0.717, 1.165) is 5.56 Å². The molecule has 0 aliphatic rings. The molecule has 8 nitrogen and oxygen atoms in total. The maximum Gasteiger partial charge on any atom is 0.261 e. The molecule has 0 amide bonds. The van der Waals surface area contributed by atoms with E-state index in [-0.39, 0.29) is 43.7 Å². The number of H-pyrrole nitrogens is 1. The van der Waals surface area contributed by atoms with Gasteiger partial charge in [0, 0.05) is 17.3 Å². The zero-order valence-corrected chi connectivity index (χ0v) is 17.7. The maximum absolute atomic E-state index is 13.5. The summed E-state index contributed by atoms with van der Waals surface area (Å²) in [5, 5.41) is 3.44. The summed E-state index contributed by atoms with van der Waals surface area (Å²) in [6, 6.07) is 13.9. The summed E-state index contributed by atoms with van der Waals surface area (Å²) in [5.74, 6) is 0.706. The standard InChI is InChI=1S/C25H19N3O5/c1-33-15-9-5-2-6-12(15)10-11-27-21-18-16(20(26)17-19(21)25(32)28-24(17)31)22(29)13-7-3-4-8-14(13)23(18)30/h2-9,27H,10-11,26H2,1H3,(H,28,31,32). The highest BCUT2D eigenvalue weighted by molar-refractivity contribution is 6.21. The highest BCUT2D eigenvalue weighted by atomic mass is 16.5. The first-order valence-corrected chi connectivity index (χ1v) is 10.3. The van der Waals surface area contributed by atoms with Gasteiger partial charge in [0.05, 0.1) is 40.0 Å². The van der Waals surface area contributed by atoms with Gasteiger partial charge in [0.1, 0.15) is 5.75 Å². The molecule has 0 radical (unpaired) electrons. The molecular weight excluding hydrogens is 422 g/mol. The van der Waals surface area contributed by atoms with E-state index in [1.807, 2.05) is 24.3 Å². The topological polar surface area (TPSA) is 131 Å². The van der Waals surface area contributed by atoms with Crippen molar-refractivity contribution in [2.75, 3.05) is 24.7 Å². The van der Waals surface area contributed by atoms with Crippen molar-refractivity contribution in [3.63, 3.8) is 0 Å². The second-order valence-electron chi connectivity index (χ2n) is 7.76. The first-order chi connectivity index (χ1) is 15.9. The largest absolute Gasteiger partial charge is 0.496 e. The SMILES string of the molecule is COc1ccccc1CCNc1c2c(=O)[nH]c(=O)c2c(N)c2c(=O)c3ccccc3c(=O)c12. The fourth-order valence-corrected chi connectivity index (χ4v) is 4.48. The highest BCUT2D eigenvalue weighted by Gasteiger charge is 2.24. The van der Waals surface area contributed by atoms with Crippen LogP contribution >= 0.6 is 0 Å². The first kappa shape index (κ1) is 20.4. The Kier molecular flexibility index (Phi) is 4.70. The molecule has 0 atom stereocenters. The van der Waals surface area contributed by atoms with E-state index in [0.29, 0.717) is 18.7 Å². The number of nitrogens with one attached hydrogen (secondary N) is 2. The zero-order valence-electron chi connectivity index (χ0n) is 17.7. The normalized spacial score (nSPS) is 11.4. The van der Waals surface area contributed by atoms with Crippen LogP contribution in [0, 0.1) is 0 Å². The molecule has 0 bridgehead atoms. The van der Waals surface area contributed by atoms with Crippen molar-refractivity contribution in [3.8, 4) is 5.75 Å². The van der Waals surface area contributed by atoms with Gasteiger partial charge in [-0.1, -0.05) is 42.5 Å². The Labute approximate surface area is 185 Å². The Morgan fingerprint density at radius 2 is 1.42 bits per heavy atom. The van der Waals surface area contributed by atoms with Crippen LogP contribution in [0.3, 0.4) is 0 Å². The summed E-state index contributed by atoms with van der Waals surface area (Å²) in [5.41, 5.74) is 4.87. The molecule has 1 aromatic heterocycles. The van der Waals surface area contributed by atoms with Gasteiger partial charge < -0.3 is 15.8 Å². The van der Waals surface area contributed by atoms with Gasteiger partial charge in [-0.2, -0.15) is 0 Å². The molecule has 164 valence electrons. The van der Waals surface area contributed by atoms with Gasteiger partial charge in [-0.25, -0.2) is 0 Å². The lowest BCUT2D eigenvalue weighted by Crippen LogP contribution is -2.19. The Hall–Kier alpha value is -4.46. The third kappa shape index (κ3) is 2.99. The van der Waals surface area contributed by atoms with E-state index in [1.54, 1.807) is 31.4 Å². The lowest BCUT2D eigenvalue weighted by Gasteiger charge is -2.14. The predicted octanol–water partition coefficient (Wildman–Crippen LogP) is 2.04. The molecule has 0 unspecified atom stereocenters. The summed E-state index contributed by atoms with van der Waals surface area (Å²) in [6.45, 7) is 0.313. The third-order valence-electron chi connectivity index (χ3n) is 5.98. The summed E-state index contributed by atoms with van der Waals surface area (Å²) >= 11 is 0. The van der Waals surface area contributed by atoms with Gasteiger partial charge in [0.15, 0.2) is 10.9 Å². The van der Waals surface area contributed by atoms with Crippen molar-refractivity contribution in [2.45, 2.75) is 6.42 Å². The van der Waals surface area contributed by atoms with Crippen LogP contribution in [0.2, 0.25) is 0 Å². The second kappa shape index (κ2) is 7.59. The van der Waals surface area contributed by atoms with Crippen molar-refractivity contribution < 1.29 is 4.74 Å². The highest BCUT2D eigenvalue weighted by Crippen LogP contribution is 2.33. The van der Waals surface area contributed by atoms with E-state index in [4.69, 9.17) is 10.5 Å². The van der Waals surface area contributed by atoms with Crippen LogP contribution in [0.15, 0.2) is 67.7 Å². The molecule has 1 heterocycles. The Bertz CT molecular complexity index is 1780. The van der Waals surface area contributed by atoms with Gasteiger partial charge in [0.25, 0.3) is 11.1 Å². The summed E-state index contributed by atoms with van der Waals surface area (Å²) in [4.78, 5) is 54.1. The number of benzene rings is 4. The van der Waals surface area contributed by atoms with Crippen molar-refractivity contribution in [2.24, 2.45) is 0 Å². The van der Waals surface area contributed by atoms with Crippen molar-refractivity contribution in [3.05, 3.63) is 95.2 Å². The quantitative estimate of drug-likeness (QED) is 0.216. The summed E-state index contributed by atoms with van der Waals surface area (Å²) in [7, 11) is 1.58. The Morgan fingerprint density at radius 1 is 0.818 bits per heavy atom. The molecule has 4 aromatic carbocycles. The molecule has 0 saturated carbocycles. The Morgan fingerprint density at radius 3 is 2.12 bits per heavy atom. The Balaban J connectivity index is 1.80. The van der Waals surface area contributed by atoms with Crippen molar-refractivity contribution >= 4 is 43.7 Å². The average Bonchev–Trinajstić information content (AvgIpc) is 3.13. The molecule has 0 saturated heterocycles. The van der Waals surface area contributed by atoms with Crippen LogP contribution in [0.4, 0.5) is 11.4 Å². The number of methoxy groups -OCH3 is 1. The summed E-state index contributed by atoms with van der Waals surface area (Å²) in [6.07, 6.45) is 0.506. The lowest BCUT2D eigenvalue weighted by molar-refractivity contribution is 0.410. The first-order valence-electron chi connectivity index (χ1n) is 10.3. The minimum atomic E-state index is -0.692. The number of aromatic amines is 1. The van der Waals surface area contributed by atoms with E-state index in [2.05, 4.69) is 10.3 Å². The second-order valence-corrected chi connectivity index (χ2v) is 7.76. The number of hydrogen-bond acceptors (Lipinski definition) is 7. The summed E-state index contributed by atoms with van der Waals surface area (Å²) < 4.78 is 5.38. The van der Waals surface area contributed by atoms with Crippen LogP contribution in [0.5, 0.6) is 5.75 Å². The van der Waals surface area contributed by atoms with Crippen LogP contribution < -0.4 is 37.8 Å². The fourth-order valence-electron chi connectivity index (χ4n) is 4.48. The van der Waals surface area contributed by atoms with E-state index in [1.165, 1.54) is 0 Å². The molecule has 5 aromatic rings. The predicted molar refractivity (Wildman–Crippen MR) is 130 cm³/mol. The maximum atomic E-state index is 13.5. The number of anilines is 2. The third-order valence-corrected chi connectivity index (χ3v) is 5.98. The number of rotatable bonds is 5. The molecule has 5 rings (SSSR count). The van der Waals surface area contributed by atoms with Crippen LogP contribution in [0.1, 0.15) is 5.56 Å². The number of para-hydroxylation sites is 1. The van der Waals surface area contributed by atoms with Crippen LogP contribution in [-0.4, -0.2) is 18.6 Å². The molecule has 33 heavy (non-hydrogen) atoms. The molecule has 0 fully saturated rings. The number of nitrogen functional groups attached to an aromatic ring is 1. The van der Waals surface area contributed by atoms with Gasteiger partial charge in [-0.15, -0.1) is 0 Å². The molecule has 0 aliphatic carbocycles. The van der Waals surface area contributed by atoms with Gasteiger partial charge in [0.2, 0.25) is 0 Å². The number of aromatic nitrogens is 1. The fraction of sp³-hybridized carbons (Fsp3) is 0.120. The molecule has 8 heteroatoms. The minimum absolute atomic E-state index is 0.0137. The van der Waals surface area contributed by atoms with Gasteiger partial charge in [-0.05, 0) is 18.1 Å². The number of nitrogens with two attached hydrogens (primary N) is 1. The molecular formula is C25H19N3O5. The lowest BCUT2D eigenvalue weighted by atomic mass is 9.96. The van der Waals surface area contributed by atoms with E-state index < -0.39 is 22.0 Å². The molecule has 0 spiro atoms. The van der Waals surface area contributed by atoms with E-state index in [9.17, 15) is 19.2 Å². The molecule has 0 aliphatic heterocycles. The van der Waals surface area contributed by atoms with Crippen LogP contribution in [0.25, 0.3) is 32.3 Å².